The van der Waals surface area contributed by atoms with E-state index in [-0.39, 0.29) is 25.7 Å². The fourth-order valence-electron chi connectivity index (χ4n) is 3.96. The molecule has 2 fully saturated rings. The summed E-state index contributed by atoms with van der Waals surface area (Å²) < 4.78 is 118. The van der Waals surface area contributed by atoms with Crippen LogP contribution in [0.3, 0.4) is 0 Å². The Morgan fingerprint density at radius 1 is 0.655 bits per heavy atom. The van der Waals surface area contributed by atoms with Gasteiger partial charge in [0.2, 0.25) is 20.0 Å². The molecule has 2 rings (SSSR count). The van der Waals surface area contributed by atoms with Crippen LogP contribution in [0.5, 0.6) is 0 Å². The predicted octanol–water partition coefficient (Wildman–Crippen LogP) is -1.17. The zero-order chi connectivity index (χ0) is 22.3. The Bertz CT molecular complexity index is 979. The number of sulfonamides is 2. The van der Waals surface area contributed by atoms with E-state index in [1.54, 1.807) is 0 Å². The Hall–Kier alpha value is -0.360. The molecule has 0 heterocycles. The van der Waals surface area contributed by atoms with Gasteiger partial charge in [-0.1, -0.05) is 6.42 Å². The summed E-state index contributed by atoms with van der Waals surface area (Å²) in [5.41, 5.74) is 0. The van der Waals surface area contributed by atoms with Crippen molar-refractivity contribution in [2.75, 3.05) is 6.26 Å². The average Bonchev–Trinajstić information content (AvgIpc) is 2.51. The first kappa shape index (κ1) is 24.9. The van der Waals surface area contributed by atoms with E-state index in [9.17, 15) is 42.8 Å². The van der Waals surface area contributed by atoms with Crippen molar-refractivity contribution < 1.29 is 42.8 Å². The van der Waals surface area contributed by atoms with Gasteiger partial charge in [0.1, 0.15) is 0 Å². The third kappa shape index (κ3) is 7.37. The highest BCUT2D eigenvalue weighted by Crippen LogP contribution is 2.30. The largest absolute Gasteiger partial charge is 0.285 e. The number of hydrogen-bond acceptors (Lipinski definition) is 8. The minimum Gasteiger partial charge on any atom is -0.285 e. The summed E-state index contributed by atoms with van der Waals surface area (Å²) in [7, 11) is -16.9. The van der Waals surface area contributed by atoms with E-state index >= 15 is 0 Å². The molecule has 0 amide bonds. The molecule has 16 heteroatoms. The molecule has 0 aromatic carbocycles. The molecule has 0 saturated heterocycles. The monoisotopic (exact) mass is 498 g/mol. The van der Waals surface area contributed by atoms with Gasteiger partial charge in [-0.25, -0.2) is 26.3 Å². The molecule has 2 aliphatic carbocycles. The van der Waals surface area contributed by atoms with Gasteiger partial charge in [-0.15, -0.1) is 0 Å². The van der Waals surface area contributed by atoms with Gasteiger partial charge in [0.05, 0.1) is 22.0 Å². The van der Waals surface area contributed by atoms with Crippen molar-refractivity contribution >= 4 is 40.3 Å². The Labute approximate surface area is 171 Å². The van der Waals surface area contributed by atoms with Crippen LogP contribution < -0.4 is 9.44 Å². The van der Waals surface area contributed by atoms with Crippen LogP contribution in [0.15, 0.2) is 0 Å². The van der Waals surface area contributed by atoms with Gasteiger partial charge >= 0.3 is 0 Å². The van der Waals surface area contributed by atoms with Crippen molar-refractivity contribution in [2.24, 2.45) is 0 Å². The van der Waals surface area contributed by atoms with E-state index in [1.807, 2.05) is 0 Å². The molecule has 0 aromatic heterocycles. The second kappa shape index (κ2) is 8.64. The minimum absolute atomic E-state index is 0.0125. The average molecular weight is 499 g/mol. The molecular weight excluding hydrogens is 472 g/mol. The lowest BCUT2D eigenvalue weighted by Gasteiger charge is -2.34. The lowest BCUT2D eigenvalue weighted by molar-refractivity contribution is 0.360. The van der Waals surface area contributed by atoms with Crippen molar-refractivity contribution in [1.82, 2.24) is 9.44 Å². The summed E-state index contributed by atoms with van der Waals surface area (Å²) >= 11 is 0. The third-order valence-corrected chi connectivity index (χ3v) is 10.4. The van der Waals surface area contributed by atoms with E-state index in [0.717, 1.165) is 6.26 Å². The zero-order valence-electron chi connectivity index (χ0n) is 15.6. The van der Waals surface area contributed by atoms with Crippen LogP contribution in [-0.4, -0.2) is 76.9 Å². The molecule has 29 heavy (non-hydrogen) atoms. The highest BCUT2D eigenvalue weighted by atomic mass is 32.2. The van der Waals surface area contributed by atoms with Crippen LogP contribution in [-0.2, 0) is 40.3 Å². The SMILES string of the molecule is CS(=O)(=O)NC1CCCC(S(=O)(=O)NC2CC(S(=O)(=O)O)CC(S(=O)(=O)O)C2)C1. The molecule has 12 nitrogen and oxygen atoms in total. The topological polar surface area (TPSA) is 201 Å². The smallest absolute Gasteiger partial charge is 0.267 e. The summed E-state index contributed by atoms with van der Waals surface area (Å²) in [6, 6.07) is -1.70. The van der Waals surface area contributed by atoms with E-state index in [0.29, 0.717) is 12.8 Å². The molecule has 0 aromatic rings. The maximum Gasteiger partial charge on any atom is 0.267 e. The molecule has 4 unspecified atom stereocenters. The Kier molecular flexibility index (Phi) is 7.42. The lowest BCUT2D eigenvalue weighted by atomic mass is 9.95. The third-order valence-electron chi connectivity index (χ3n) is 5.24. The van der Waals surface area contributed by atoms with Crippen LogP contribution in [0.1, 0.15) is 44.9 Å². The van der Waals surface area contributed by atoms with Crippen molar-refractivity contribution in [1.29, 1.82) is 0 Å². The Balaban J connectivity index is 2.16. The molecule has 0 aliphatic heterocycles. The minimum atomic E-state index is -4.65. The van der Waals surface area contributed by atoms with Gasteiger partial charge in [0.25, 0.3) is 20.2 Å². The maximum absolute atomic E-state index is 12.8. The normalized spacial score (nSPS) is 32.7. The summed E-state index contributed by atoms with van der Waals surface area (Å²) in [5, 5.41) is -4.03. The van der Waals surface area contributed by atoms with Crippen molar-refractivity contribution in [3.8, 4) is 0 Å². The van der Waals surface area contributed by atoms with Crippen LogP contribution in [0.25, 0.3) is 0 Å². The highest BCUT2D eigenvalue weighted by molar-refractivity contribution is 7.90. The summed E-state index contributed by atoms with van der Waals surface area (Å²) in [6.45, 7) is 0. The van der Waals surface area contributed by atoms with Gasteiger partial charge in [-0.3, -0.25) is 9.11 Å². The summed E-state index contributed by atoms with van der Waals surface area (Å²) in [6.07, 6.45) is 0.925. The first-order chi connectivity index (χ1) is 13.0. The van der Waals surface area contributed by atoms with Crippen LogP contribution >= 0.6 is 0 Å². The number of hydrogen-bond donors (Lipinski definition) is 4. The molecule has 2 aliphatic rings. The van der Waals surface area contributed by atoms with Crippen molar-refractivity contribution in [2.45, 2.75) is 72.8 Å². The number of nitrogens with one attached hydrogen (secondary N) is 2. The van der Waals surface area contributed by atoms with E-state index in [2.05, 4.69) is 9.44 Å². The molecule has 4 atom stereocenters. The van der Waals surface area contributed by atoms with E-state index in [4.69, 9.17) is 0 Å². The molecule has 4 N–H and O–H groups in total. The van der Waals surface area contributed by atoms with Gasteiger partial charge in [-0.2, -0.15) is 16.8 Å². The van der Waals surface area contributed by atoms with E-state index in [1.165, 1.54) is 0 Å². The van der Waals surface area contributed by atoms with Crippen LogP contribution in [0.4, 0.5) is 0 Å². The van der Waals surface area contributed by atoms with Gasteiger partial charge < -0.3 is 0 Å². The van der Waals surface area contributed by atoms with Crippen LogP contribution in [0.2, 0.25) is 0 Å². The number of rotatable bonds is 7. The Morgan fingerprint density at radius 2 is 1.14 bits per heavy atom. The molecule has 0 spiro atoms. The van der Waals surface area contributed by atoms with Crippen molar-refractivity contribution in [3.05, 3.63) is 0 Å². The van der Waals surface area contributed by atoms with Gasteiger partial charge in [0, 0.05) is 12.1 Å². The predicted molar refractivity (Wildman–Crippen MR) is 104 cm³/mol. The lowest BCUT2D eigenvalue weighted by Crippen LogP contribution is -2.51. The fraction of sp³-hybridized carbons (Fsp3) is 1.00. The summed E-state index contributed by atoms with van der Waals surface area (Å²) in [5.74, 6) is 0. The van der Waals surface area contributed by atoms with Gasteiger partial charge in [-0.05, 0) is 38.5 Å². The summed E-state index contributed by atoms with van der Waals surface area (Å²) in [4.78, 5) is 0. The highest BCUT2D eigenvalue weighted by Gasteiger charge is 2.43. The molecule has 0 radical (unpaired) electrons. The molecule has 0 bridgehead atoms. The second-order valence-corrected chi connectivity index (χ2v) is 14.9. The molecule has 2 saturated carbocycles. The van der Waals surface area contributed by atoms with Crippen LogP contribution in [0, 0.1) is 0 Å². The molecule has 172 valence electrons. The Morgan fingerprint density at radius 3 is 1.59 bits per heavy atom. The first-order valence-electron chi connectivity index (χ1n) is 8.88. The van der Waals surface area contributed by atoms with E-state index < -0.39 is 74.5 Å². The molecular formula is C13H26N2O10S4. The maximum atomic E-state index is 12.8. The fourth-order valence-corrected chi connectivity index (χ4v) is 8.62. The van der Waals surface area contributed by atoms with Crippen molar-refractivity contribution in [3.63, 3.8) is 0 Å². The second-order valence-electron chi connectivity index (χ2n) is 7.72. The zero-order valence-corrected chi connectivity index (χ0v) is 18.9. The first-order valence-corrected chi connectivity index (χ1v) is 15.3. The van der Waals surface area contributed by atoms with Gasteiger partial charge in [0.15, 0.2) is 0 Å². The quantitative estimate of drug-likeness (QED) is 0.310. The standard InChI is InChI=1S/C13H26N2O10S4/c1-26(16,17)14-9-3-2-4-11(5-9)27(18,19)15-10-6-12(28(20,21)22)8-13(7-10)29(23,24)25/h9-15H,2-8H2,1H3,(H,20,21,22)(H,23,24,25).